The molecule has 6 nitrogen and oxygen atoms in total. The van der Waals surface area contributed by atoms with Crippen molar-refractivity contribution in [1.29, 1.82) is 0 Å². The van der Waals surface area contributed by atoms with Crippen LogP contribution in [-0.2, 0) is 19.1 Å². The Bertz CT molecular complexity index is 611. The van der Waals surface area contributed by atoms with Crippen molar-refractivity contribution in [3.05, 3.63) is 29.8 Å². The van der Waals surface area contributed by atoms with Crippen molar-refractivity contribution in [1.82, 2.24) is 4.90 Å². The van der Waals surface area contributed by atoms with E-state index in [1.54, 1.807) is 12.1 Å². The number of hydrogen-bond acceptors (Lipinski definition) is 5. The Labute approximate surface area is 130 Å². The predicted molar refractivity (Wildman–Crippen MR) is 81.1 cm³/mol. The third-order valence-corrected chi connectivity index (χ3v) is 5.03. The largest absolute Gasteiger partial charge is 0.480 e. The van der Waals surface area contributed by atoms with Crippen LogP contribution in [0.15, 0.2) is 29.2 Å². The standard InChI is InChI=1S/C15H21NO5S/c1-12-4-6-14(7-5-12)22(19,20)21-11-13-3-2-8-16(9-13)10-15(17)18/h4-7,13H,2-3,8-11H2,1H3,(H,17,18)/t13-/m1/s1. The first-order valence-corrected chi connectivity index (χ1v) is 8.68. The minimum atomic E-state index is -3.75. The number of aliphatic carboxylic acids is 1. The summed E-state index contributed by atoms with van der Waals surface area (Å²) in [5.74, 6) is -0.831. The van der Waals surface area contributed by atoms with Gasteiger partial charge in [0.15, 0.2) is 0 Å². The molecule has 1 aliphatic rings. The van der Waals surface area contributed by atoms with E-state index in [-0.39, 0.29) is 24.0 Å². The molecule has 1 aliphatic heterocycles. The van der Waals surface area contributed by atoms with E-state index < -0.39 is 16.1 Å². The number of piperidine rings is 1. The lowest BCUT2D eigenvalue weighted by Crippen LogP contribution is -2.40. The lowest BCUT2D eigenvalue weighted by Gasteiger charge is -2.31. The van der Waals surface area contributed by atoms with Crippen molar-refractivity contribution in [2.24, 2.45) is 5.92 Å². The van der Waals surface area contributed by atoms with E-state index in [2.05, 4.69) is 0 Å². The predicted octanol–water partition coefficient (Wildman–Crippen LogP) is 1.50. The first kappa shape index (κ1) is 16.9. The van der Waals surface area contributed by atoms with Gasteiger partial charge in [0.1, 0.15) is 0 Å². The number of benzene rings is 1. The van der Waals surface area contributed by atoms with Gasteiger partial charge in [-0.2, -0.15) is 8.42 Å². The Balaban J connectivity index is 1.91. The highest BCUT2D eigenvalue weighted by Crippen LogP contribution is 2.20. The van der Waals surface area contributed by atoms with Gasteiger partial charge in [-0.3, -0.25) is 13.9 Å². The highest BCUT2D eigenvalue weighted by molar-refractivity contribution is 7.86. The van der Waals surface area contributed by atoms with Crippen molar-refractivity contribution in [2.45, 2.75) is 24.7 Å². The van der Waals surface area contributed by atoms with Crippen molar-refractivity contribution < 1.29 is 22.5 Å². The molecule has 1 N–H and O–H groups in total. The van der Waals surface area contributed by atoms with Gasteiger partial charge in [-0.15, -0.1) is 0 Å². The van der Waals surface area contributed by atoms with Crippen LogP contribution in [-0.4, -0.2) is 50.6 Å². The molecular formula is C15H21NO5S. The first-order valence-electron chi connectivity index (χ1n) is 7.27. The second-order valence-corrected chi connectivity index (χ2v) is 7.30. The summed E-state index contributed by atoms with van der Waals surface area (Å²) >= 11 is 0. The van der Waals surface area contributed by atoms with Crippen LogP contribution < -0.4 is 0 Å². The molecule has 1 aromatic carbocycles. The van der Waals surface area contributed by atoms with Crippen LogP contribution in [0.4, 0.5) is 0 Å². The third-order valence-electron chi connectivity index (χ3n) is 3.73. The number of likely N-dealkylation sites (tertiary alicyclic amines) is 1. The maximum atomic E-state index is 12.1. The van der Waals surface area contributed by atoms with E-state index in [0.29, 0.717) is 6.54 Å². The topological polar surface area (TPSA) is 83.9 Å². The summed E-state index contributed by atoms with van der Waals surface area (Å²) in [6.07, 6.45) is 1.70. The fourth-order valence-electron chi connectivity index (χ4n) is 2.58. The van der Waals surface area contributed by atoms with Crippen LogP contribution in [0.1, 0.15) is 18.4 Å². The van der Waals surface area contributed by atoms with Crippen molar-refractivity contribution >= 4 is 16.1 Å². The molecule has 0 aliphatic carbocycles. The molecule has 0 saturated carbocycles. The second-order valence-electron chi connectivity index (χ2n) is 5.69. The van der Waals surface area contributed by atoms with Crippen molar-refractivity contribution in [3.63, 3.8) is 0 Å². The van der Waals surface area contributed by atoms with Gasteiger partial charge in [0.25, 0.3) is 10.1 Å². The van der Waals surface area contributed by atoms with Gasteiger partial charge in [0.05, 0.1) is 18.0 Å². The fourth-order valence-corrected chi connectivity index (χ4v) is 3.56. The van der Waals surface area contributed by atoms with Gasteiger partial charge in [-0.25, -0.2) is 0 Å². The number of carboxylic acids is 1. The summed E-state index contributed by atoms with van der Waals surface area (Å²) < 4.78 is 29.4. The molecule has 1 saturated heterocycles. The Morgan fingerprint density at radius 1 is 1.36 bits per heavy atom. The van der Waals surface area contributed by atoms with Gasteiger partial charge in [0, 0.05) is 6.54 Å². The molecule has 122 valence electrons. The van der Waals surface area contributed by atoms with Crippen LogP contribution in [0.25, 0.3) is 0 Å². The molecule has 0 aromatic heterocycles. The Hall–Kier alpha value is -1.44. The molecule has 7 heteroatoms. The maximum Gasteiger partial charge on any atom is 0.317 e. The summed E-state index contributed by atoms with van der Waals surface area (Å²) in [4.78, 5) is 12.7. The normalized spacial score (nSPS) is 20.0. The van der Waals surface area contributed by atoms with Gasteiger partial charge >= 0.3 is 5.97 Å². The Kier molecular flexibility index (Phi) is 5.55. The molecule has 1 aromatic rings. The summed E-state index contributed by atoms with van der Waals surface area (Å²) in [6.45, 7) is 3.24. The van der Waals surface area contributed by atoms with Crippen molar-refractivity contribution in [3.8, 4) is 0 Å². The summed E-state index contributed by atoms with van der Waals surface area (Å²) in [5.41, 5.74) is 0.982. The molecule has 1 fully saturated rings. The summed E-state index contributed by atoms with van der Waals surface area (Å²) in [5, 5.41) is 8.81. The zero-order valence-electron chi connectivity index (χ0n) is 12.6. The van der Waals surface area contributed by atoms with E-state index in [1.165, 1.54) is 12.1 Å². The number of rotatable bonds is 6. The summed E-state index contributed by atoms with van der Waals surface area (Å²) in [6, 6.07) is 6.52. The number of nitrogens with zero attached hydrogens (tertiary/aromatic N) is 1. The van der Waals surface area contributed by atoms with Crippen LogP contribution >= 0.6 is 0 Å². The van der Waals surface area contributed by atoms with Crippen LogP contribution in [0.3, 0.4) is 0 Å². The monoisotopic (exact) mass is 327 g/mol. The van der Waals surface area contributed by atoms with Crippen LogP contribution in [0.5, 0.6) is 0 Å². The molecule has 0 spiro atoms. The molecule has 22 heavy (non-hydrogen) atoms. The van der Waals surface area contributed by atoms with Gasteiger partial charge < -0.3 is 5.11 Å². The fraction of sp³-hybridized carbons (Fsp3) is 0.533. The van der Waals surface area contributed by atoms with Crippen LogP contribution in [0, 0.1) is 12.8 Å². The average molecular weight is 327 g/mol. The van der Waals surface area contributed by atoms with Gasteiger partial charge in [0.2, 0.25) is 0 Å². The zero-order chi connectivity index (χ0) is 16.2. The second kappa shape index (κ2) is 7.21. The van der Waals surface area contributed by atoms with E-state index in [1.807, 2.05) is 11.8 Å². The minimum absolute atomic E-state index is 0.0127. The van der Waals surface area contributed by atoms with Crippen LogP contribution in [0.2, 0.25) is 0 Å². The van der Waals surface area contributed by atoms with E-state index >= 15 is 0 Å². The molecule has 0 amide bonds. The van der Waals surface area contributed by atoms with E-state index in [9.17, 15) is 13.2 Å². The molecule has 0 radical (unpaired) electrons. The molecule has 2 rings (SSSR count). The number of hydrogen-bond donors (Lipinski definition) is 1. The minimum Gasteiger partial charge on any atom is -0.480 e. The average Bonchev–Trinajstić information content (AvgIpc) is 2.45. The molecular weight excluding hydrogens is 306 g/mol. The zero-order valence-corrected chi connectivity index (χ0v) is 13.4. The molecule has 0 unspecified atom stereocenters. The molecule has 0 bridgehead atoms. The molecule has 1 heterocycles. The van der Waals surface area contributed by atoms with E-state index in [4.69, 9.17) is 9.29 Å². The first-order chi connectivity index (χ1) is 10.4. The highest BCUT2D eigenvalue weighted by Gasteiger charge is 2.24. The molecule has 1 atom stereocenters. The number of aryl methyl sites for hydroxylation is 1. The highest BCUT2D eigenvalue weighted by atomic mass is 32.2. The number of carbonyl (C=O) groups is 1. The quantitative estimate of drug-likeness (QED) is 0.797. The maximum absolute atomic E-state index is 12.1. The lowest BCUT2D eigenvalue weighted by molar-refractivity contribution is -0.138. The number of carboxylic acid groups (broad SMARTS) is 1. The van der Waals surface area contributed by atoms with Gasteiger partial charge in [-0.1, -0.05) is 17.7 Å². The van der Waals surface area contributed by atoms with Gasteiger partial charge in [-0.05, 0) is 44.4 Å². The van der Waals surface area contributed by atoms with Crippen molar-refractivity contribution in [2.75, 3.05) is 26.2 Å². The Morgan fingerprint density at radius 3 is 2.68 bits per heavy atom. The smallest absolute Gasteiger partial charge is 0.317 e. The SMILES string of the molecule is Cc1ccc(S(=O)(=O)OC[C@@H]2CCCN(CC(=O)O)C2)cc1. The van der Waals surface area contributed by atoms with E-state index in [0.717, 1.165) is 24.9 Å². The Morgan fingerprint density at radius 2 is 2.05 bits per heavy atom. The lowest BCUT2D eigenvalue weighted by atomic mass is 9.99. The third kappa shape index (κ3) is 4.79. The summed E-state index contributed by atoms with van der Waals surface area (Å²) in [7, 11) is -3.75.